The average molecular weight is 196 g/mol. The van der Waals surface area contributed by atoms with E-state index in [4.69, 9.17) is 4.74 Å². The molecule has 0 bridgehead atoms. The Kier molecular flexibility index (Phi) is 3.77. The first kappa shape index (κ1) is 10.9. The van der Waals surface area contributed by atoms with Gasteiger partial charge >= 0.3 is 0 Å². The average Bonchev–Trinajstić information content (AvgIpc) is 2.20. The third-order valence-electron chi connectivity index (χ3n) is 2.13. The summed E-state index contributed by atoms with van der Waals surface area (Å²) in [6.07, 6.45) is -0.392. The number of carbonyl (C=O) groups excluding carboxylic acids is 1. The number of rotatable bonds is 4. The van der Waals surface area contributed by atoms with Gasteiger partial charge in [0.1, 0.15) is 11.9 Å². The highest BCUT2D eigenvalue weighted by Gasteiger charge is 2.13. The Balaban J connectivity index is 2.70. The zero-order valence-corrected chi connectivity index (χ0v) is 8.29. The molecular formula is C11H13FO2. The van der Waals surface area contributed by atoms with E-state index in [2.05, 4.69) is 0 Å². The second kappa shape index (κ2) is 4.86. The maximum Gasteiger partial charge on any atom is 0.165 e. The molecule has 0 fully saturated rings. The predicted octanol–water partition coefficient (Wildman–Crippen LogP) is 1.97. The number of carbonyl (C=O) groups is 1. The van der Waals surface area contributed by atoms with E-state index in [0.29, 0.717) is 5.56 Å². The molecule has 0 aliphatic carbocycles. The quantitative estimate of drug-likeness (QED) is 0.736. The molecule has 1 rings (SSSR count). The molecule has 0 spiro atoms. The van der Waals surface area contributed by atoms with Crippen molar-refractivity contribution in [3.63, 3.8) is 0 Å². The zero-order valence-electron chi connectivity index (χ0n) is 8.29. The lowest BCUT2D eigenvalue weighted by Crippen LogP contribution is -2.21. The van der Waals surface area contributed by atoms with Gasteiger partial charge in [-0.2, -0.15) is 0 Å². The van der Waals surface area contributed by atoms with Gasteiger partial charge in [-0.05, 0) is 18.6 Å². The van der Waals surface area contributed by atoms with Crippen molar-refractivity contribution in [2.75, 3.05) is 7.11 Å². The molecule has 14 heavy (non-hydrogen) atoms. The van der Waals surface area contributed by atoms with Crippen LogP contribution in [0.25, 0.3) is 0 Å². The number of ether oxygens (including phenoxy) is 1. The Morgan fingerprint density at radius 2 is 2.14 bits per heavy atom. The fraction of sp³-hybridized carbons (Fsp3) is 0.364. The van der Waals surface area contributed by atoms with E-state index < -0.39 is 6.10 Å². The second-order valence-corrected chi connectivity index (χ2v) is 3.11. The molecule has 1 atom stereocenters. The Morgan fingerprint density at radius 1 is 1.50 bits per heavy atom. The third kappa shape index (κ3) is 2.64. The fourth-order valence-electron chi connectivity index (χ4n) is 1.10. The maximum absolute atomic E-state index is 13.1. The summed E-state index contributed by atoms with van der Waals surface area (Å²) in [5.74, 6) is -0.457. The van der Waals surface area contributed by atoms with Crippen LogP contribution in [-0.2, 0) is 16.0 Å². The molecule has 0 N–H and O–H groups in total. The highest BCUT2D eigenvalue weighted by atomic mass is 19.1. The number of halogens is 1. The number of hydrogen-bond acceptors (Lipinski definition) is 2. The van der Waals surface area contributed by atoms with Crippen LogP contribution >= 0.6 is 0 Å². The van der Waals surface area contributed by atoms with Crippen molar-refractivity contribution in [3.8, 4) is 0 Å². The molecule has 3 heteroatoms. The molecular weight excluding hydrogens is 183 g/mol. The molecule has 1 unspecified atom stereocenters. The fourth-order valence-corrected chi connectivity index (χ4v) is 1.10. The minimum absolute atomic E-state index is 0.0850. The molecule has 0 aromatic heterocycles. The summed E-state index contributed by atoms with van der Waals surface area (Å²) in [6.45, 7) is 1.66. The molecule has 0 saturated carbocycles. The predicted molar refractivity (Wildman–Crippen MR) is 51.6 cm³/mol. The summed E-state index contributed by atoms with van der Waals surface area (Å²) in [5.41, 5.74) is 0.418. The summed E-state index contributed by atoms with van der Waals surface area (Å²) >= 11 is 0. The van der Waals surface area contributed by atoms with E-state index in [0.717, 1.165) is 0 Å². The van der Waals surface area contributed by atoms with Crippen LogP contribution in [0.3, 0.4) is 0 Å². The van der Waals surface area contributed by atoms with E-state index in [1.165, 1.54) is 13.2 Å². The van der Waals surface area contributed by atoms with Crippen LogP contribution in [0.15, 0.2) is 24.3 Å². The largest absolute Gasteiger partial charge is 0.374 e. The van der Waals surface area contributed by atoms with Crippen LogP contribution in [0.4, 0.5) is 4.39 Å². The normalized spacial score (nSPS) is 12.5. The molecule has 1 aromatic rings. The van der Waals surface area contributed by atoms with Crippen LogP contribution < -0.4 is 0 Å². The highest BCUT2D eigenvalue weighted by Crippen LogP contribution is 2.08. The van der Waals surface area contributed by atoms with Crippen LogP contribution in [0.2, 0.25) is 0 Å². The smallest absolute Gasteiger partial charge is 0.165 e. The standard InChI is InChI=1S/C11H13FO2/c1-8(14-2)11(13)7-9-5-3-4-6-10(9)12/h3-6,8H,7H2,1-2H3. The number of benzene rings is 1. The minimum atomic E-state index is -0.477. The monoisotopic (exact) mass is 196 g/mol. The van der Waals surface area contributed by atoms with Gasteiger partial charge in [0.15, 0.2) is 5.78 Å². The van der Waals surface area contributed by atoms with E-state index >= 15 is 0 Å². The number of methoxy groups -OCH3 is 1. The van der Waals surface area contributed by atoms with Gasteiger partial charge in [-0.1, -0.05) is 18.2 Å². The second-order valence-electron chi connectivity index (χ2n) is 3.11. The van der Waals surface area contributed by atoms with Crippen LogP contribution in [0, 0.1) is 5.82 Å². The van der Waals surface area contributed by atoms with Gasteiger partial charge < -0.3 is 4.74 Å². The van der Waals surface area contributed by atoms with Crippen molar-refractivity contribution in [2.45, 2.75) is 19.4 Å². The highest BCUT2D eigenvalue weighted by molar-refractivity contribution is 5.84. The summed E-state index contributed by atoms with van der Waals surface area (Å²) in [4.78, 5) is 11.4. The molecule has 0 saturated heterocycles. The Morgan fingerprint density at radius 3 is 2.71 bits per heavy atom. The first-order valence-electron chi connectivity index (χ1n) is 4.44. The van der Waals surface area contributed by atoms with Crippen molar-refractivity contribution in [2.24, 2.45) is 0 Å². The summed E-state index contributed by atoms with van der Waals surface area (Å²) in [5, 5.41) is 0. The molecule has 0 amide bonds. The van der Waals surface area contributed by atoms with Crippen LogP contribution in [-0.4, -0.2) is 19.0 Å². The maximum atomic E-state index is 13.1. The first-order valence-corrected chi connectivity index (χ1v) is 4.44. The molecule has 76 valence electrons. The van der Waals surface area contributed by atoms with E-state index in [-0.39, 0.29) is 18.0 Å². The third-order valence-corrected chi connectivity index (χ3v) is 2.13. The van der Waals surface area contributed by atoms with Crippen molar-refractivity contribution < 1.29 is 13.9 Å². The van der Waals surface area contributed by atoms with Crippen molar-refractivity contribution in [1.29, 1.82) is 0 Å². The topological polar surface area (TPSA) is 26.3 Å². The van der Waals surface area contributed by atoms with Gasteiger partial charge in [0.25, 0.3) is 0 Å². The summed E-state index contributed by atoms with van der Waals surface area (Å²) < 4.78 is 18.0. The van der Waals surface area contributed by atoms with Crippen molar-refractivity contribution in [3.05, 3.63) is 35.6 Å². The van der Waals surface area contributed by atoms with E-state index in [1.807, 2.05) is 0 Å². The Labute approximate surface area is 82.7 Å². The lowest BCUT2D eigenvalue weighted by atomic mass is 10.1. The molecule has 2 nitrogen and oxygen atoms in total. The van der Waals surface area contributed by atoms with Gasteiger partial charge in [-0.3, -0.25) is 4.79 Å². The molecule has 0 heterocycles. The number of hydrogen-bond donors (Lipinski definition) is 0. The van der Waals surface area contributed by atoms with Gasteiger partial charge in [-0.25, -0.2) is 4.39 Å². The molecule has 0 aliphatic heterocycles. The summed E-state index contributed by atoms with van der Waals surface area (Å²) in [6, 6.07) is 6.27. The molecule has 0 radical (unpaired) electrons. The first-order chi connectivity index (χ1) is 6.65. The van der Waals surface area contributed by atoms with E-state index in [1.54, 1.807) is 25.1 Å². The van der Waals surface area contributed by atoms with Gasteiger partial charge in [0.05, 0.1) is 0 Å². The van der Waals surface area contributed by atoms with Gasteiger partial charge in [0.2, 0.25) is 0 Å². The van der Waals surface area contributed by atoms with Crippen LogP contribution in [0.1, 0.15) is 12.5 Å². The number of Topliss-reactive ketones (excluding diaryl/α,β-unsaturated/α-hetero) is 1. The van der Waals surface area contributed by atoms with Crippen molar-refractivity contribution >= 4 is 5.78 Å². The molecule has 0 aliphatic rings. The Hall–Kier alpha value is -1.22. The lowest BCUT2D eigenvalue weighted by molar-refractivity contribution is -0.127. The Bertz CT molecular complexity index is 323. The zero-order chi connectivity index (χ0) is 10.6. The minimum Gasteiger partial charge on any atom is -0.374 e. The lowest BCUT2D eigenvalue weighted by Gasteiger charge is -2.08. The summed E-state index contributed by atoms with van der Waals surface area (Å²) in [7, 11) is 1.46. The van der Waals surface area contributed by atoms with Gasteiger partial charge in [0, 0.05) is 13.5 Å². The molecule has 1 aromatic carbocycles. The van der Waals surface area contributed by atoms with Crippen LogP contribution in [0.5, 0.6) is 0 Å². The van der Waals surface area contributed by atoms with Crippen molar-refractivity contribution in [1.82, 2.24) is 0 Å². The number of ketones is 1. The van der Waals surface area contributed by atoms with Gasteiger partial charge in [-0.15, -0.1) is 0 Å². The van der Waals surface area contributed by atoms with E-state index in [9.17, 15) is 9.18 Å². The SMILES string of the molecule is COC(C)C(=O)Cc1ccccc1F.